The molecule has 0 spiro atoms. The molecule has 15 heavy (non-hydrogen) atoms. The zero-order valence-electron chi connectivity index (χ0n) is 8.02. The fourth-order valence-corrected chi connectivity index (χ4v) is 1.46. The molecule has 0 atom stereocenters. The summed E-state index contributed by atoms with van der Waals surface area (Å²) in [5.41, 5.74) is 1.42. The van der Waals surface area contributed by atoms with Gasteiger partial charge in [-0.25, -0.2) is 4.39 Å². The third kappa shape index (κ3) is 2.02. The average molecular weight is 203 g/mol. The molecule has 0 aliphatic heterocycles. The van der Waals surface area contributed by atoms with E-state index in [1.807, 2.05) is 24.3 Å². The Morgan fingerprint density at radius 3 is 2.93 bits per heavy atom. The van der Waals surface area contributed by atoms with Crippen molar-refractivity contribution in [3.63, 3.8) is 0 Å². The Kier molecular flexibility index (Phi) is 2.74. The minimum absolute atomic E-state index is 0.562. The molecule has 1 aromatic carbocycles. The van der Waals surface area contributed by atoms with E-state index in [0.717, 1.165) is 10.9 Å². The number of hydrogen-bond acceptors (Lipinski definition) is 2. The van der Waals surface area contributed by atoms with Gasteiger partial charge in [0.15, 0.2) is 0 Å². The summed E-state index contributed by atoms with van der Waals surface area (Å²) in [6.45, 7) is -0.580. The van der Waals surface area contributed by atoms with E-state index in [0.29, 0.717) is 5.56 Å². The minimum atomic E-state index is -0.580. The molecule has 0 aliphatic carbocycles. The van der Waals surface area contributed by atoms with Crippen molar-refractivity contribution in [1.82, 2.24) is 4.98 Å². The highest BCUT2D eigenvalue weighted by atomic mass is 19.1. The maximum absolute atomic E-state index is 12.9. The average Bonchev–Trinajstić information content (AvgIpc) is 2.29. The van der Waals surface area contributed by atoms with Crippen molar-refractivity contribution in [2.75, 3.05) is 6.61 Å². The van der Waals surface area contributed by atoms with Crippen molar-refractivity contribution >= 4 is 17.0 Å². The number of aliphatic hydroxyl groups is 1. The fraction of sp³-hybridized carbons (Fsp3) is 0.0833. The zero-order valence-corrected chi connectivity index (χ0v) is 8.02. The number of fused-ring (bicyclic) bond motifs is 1. The molecular formula is C12H10FNO. The standard InChI is InChI=1S/C12H10FNO/c13-11(8-15)7-10-4-1-3-9-5-2-6-14-12(9)10/h1-7,15H,8H2. The molecule has 1 N–H and O–H groups in total. The number of benzene rings is 1. The number of hydrogen-bond donors (Lipinski definition) is 1. The van der Waals surface area contributed by atoms with Crippen LogP contribution in [0.5, 0.6) is 0 Å². The summed E-state index contributed by atoms with van der Waals surface area (Å²) in [6, 6.07) is 9.26. The van der Waals surface area contributed by atoms with Gasteiger partial charge in [0, 0.05) is 17.1 Å². The maximum atomic E-state index is 12.9. The Morgan fingerprint density at radius 2 is 2.13 bits per heavy atom. The molecule has 1 aromatic heterocycles. The number of rotatable bonds is 2. The van der Waals surface area contributed by atoms with Crippen molar-refractivity contribution < 1.29 is 9.50 Å². The van der Waals surface area contributed by atoms with Crippen LogP contribution in [0.1, 0.15) is 5.56 Å². The van der Waals surface area contributed by atoms with Gasteiger partial charge in [0.25, 0.3) is 0 Å². The van der Waals surface area contributed by atoms with Gasteiger partial charge < -0.3 is 5.11 Å². The number of aromatic nitrogens is 1. The molecule has 0 bridgehead atoms. The lowest BCUT2D eigenvalue weighted by molar-refractivity contribution is 0.300. The van der Waals surface area contributed by atoms with Gasteiger partial charge in [-0.15, -0.1) is 0 Å². The lowest BCUT2D eigenvalue weighted by Crippen LogP contribution is -1.85. The Morgan fingerprint density at radius 1 is 1.33 bits per heavy atom. The Balaban J connectivity index is 2.61. The molecule has 2 aromatic rings. The van der Waals surface area contributed by atoms with Crippen LogP contribution in [0.4, 0.5) is 4.39 Å². The molecule has 0 saturated carbocycles. The summed E-state index contributed by atoms with van der Waals surface area (Å²) in [5, 5.41) is 9.56. The number of nitrogens with zero attached hydrogens (tertiary/aromatic N) is 1. The molecule has 0 amide bonds. The highest BCUT2D eigenvalue weighted by molar-refractivity contribution is 5.87. The fourth-order valence-electron chi connectivity index (χ4n) is 1.46. The topological polar surface area (TPSA) is 33.1 Å². The molecule has 0 aliphatic rings. The monoisotopic (exact) mass is 203 g/mol. The lowest BCUT2D eigenvalue weighted by atomic mass is 10.1. The predicted octanol–water partition coefficient (Wildman–Crippen LogP) is 2.54. The molecule has 0 unspecified atom stereocenters. The van der Waals surface area contributed by atoms with E-state index < -0.39 is 12.4 Å². The smallest absolute Gasteiger partial charge is 0.126 e. The van der Waals surface area contributed by atoms with Gasteiger partial charge in [0.05, 0.1) is 12.1 Å². The second-order valence-corrected chi connectivity index (χ2v) is 3.17. The van der Waals surface area contributed by atoms with Crippen molar-refractivity contribution in [2.45, 2.75) is 0 Å². The summed E-state index contributed by atoms with van der Waals surface area (Å²) >= 11 is 0. The van der Waals surface area contributed by atoms with E-state index in [9.17, 15) is 4.39 Å². The van der Waals surface area contributed by atoms with Crippen molar-refractivity contribution in [3.05, 3.63) is 47.9 Å². The molecule has 2 nitrogen and oxygen atoms in total. The molecular weight excluding hydrogens is 193 g/mol. The van der Waals surface area contributed by atoms with Crippen LogP contribution in [-0.2, 0) is 0 Å². The van der Waals surface area contributed by atoms with Crippen molar-refractivity contribution in [1.29, 1.82) is 0 Å². The van der Waals surface area contributed by atoms with Gasteiger partial charge in [-0.1, -0.05) is 24.3 Å². The largest absolute Gasteiger partial charge is 0.389 e. The third-order valence-corrected chi connectivity index (χ3v) is 2.13. The lowest BCUT2D eigenvalue weighted by Gasteiger charge is -2.00. The van der Waals surface area contributed by atoms with Crippen LogP contribution in [0.25, 0.3) is 17.0 Å². The quantitative estimate of drug-likeness (QED) is 0.813. The van der Waals surface area contributed by atoms with Gasteiger partial charge in [-0.3, -0.25) is 4.98 Å². The van der Waals surface area contributed by atoms with E-state index in [4.69, 9.17) is 5.11 Å². The van der Waals surface area contributed by atoms with Crippen molar-refractivity contribution in [3.8, 4) is 0 Å². The molecule has 0 radical (unpaired) electrons. The van der Waals surface area contributed by atoms with E-state index >= 15 is 0 Å². The van der Waals surface area contributed by atoms with Crippen LogP contribution in [0, 0.1) is 0 Å². The summed E-state index contributed by atoms with van der Waals surface area (Å²) in [7, 11) is 0. The predicted molar refractivity (Wildman–Crippen MR) is 57.9 cm³/mol. The molecule has 1 heterocycles. The Bertz CT molecular complexity index is 502. The van der Waals surface area contributed by atoms with Gasteiger partial charge >= 0.3 is 0 Å². The second kappa shape index (κ2) is 4.19. The van der Waals surface area contributed by atoms with Gasteiger partial charge in [0.2, 0.25) is 0 Å². The Hall–Kier alpha value is -1.74. The van der Waals surface area contributed by atoms with Gasteiger partial charge in [0.1, 0.15) is 5.83 Å². The third-order valence-electron chi connectivity index (χ3n) is 2.13. The molecule has 0 fully saturated rings. The number of aliphatic hydroxyl groups excluding tert-OH is 1. The van der Waals surface area contributed by atoms with Crippen molar-refractivity contribution in [2.24, 2.45) is 0 Å². The number of para-hydroxylation sites is 1. The van der Waals surface area contributed by atoms with Gasteiger partial charge in [-0.05, 0) is 12.1 Å². The molecule has 2 rings (SSSR count). The van der Waals surface area contributed by atoms with E-state index in [-0.39, 0.29) is 0 Å². The van der Waals surface area contributed by atoms with E-state index in [1.54, 1.807) is 12.3 Å². The normalized spacial score (nSPS) is 12.0. The highest BCUT2D eigenvalue weighted by Gasteiger charge is 2.00. The SMILES string of the molecule is OCC(F)=Cc1cccc2cccnc12. The first-order valence-corrected chi connectivity index (χ1v) is 4.62. The van der Waals surface area contributed by atoms with Crippen LogP contribution >= 0.6 is 0 Å². The summed E-state index contributed by atoms with van der Waals surface area (Å²) < 4.78 is 12.9. The summed E-state index contributed by atoms with van der Waals surface area (Å²) in [6.07, 6.45) is 2.96. The van der Waals surface area contributed by atoms with Gasteiger partial charge in [-0.2, -0.15) is 0 Å². The number of halogens is 1. The first-order valence-electron chi connectivity index (χ1n) is 4.62. The first-order chi connectivity index (χ1) is 7.31. The van der Waals surface area contributed by atoms with Crippen LogP contribution in [0.3, 0.4) is 0 Å². The van der Waals surface area contributed by atoms with Crippen LogP contribution in [-0.4, -0.2) is 16.7 Å². The maximum Gasteiger partial charge on any atom is 0.126 e. The van der Waals surface area contributed by atoms with E-state index in [1.165, 1.54) is 6.08 Å². The minimum Gasteiger partial charge on any atom is -0.389 e. The Labute approximate surface area is 86.7 Å². The van der Waals surface area contributed by atoms with Crippen LogP contribution < -0.4 is 0 Å². The molecule has 3 heteroatoms. The zero-order chi connectivity index (χ0) is 10.7. The van der Waals surface area contributed by atoms with Crippen LogP contribution in [0.2, 0.25) is 0 Å². The molecule has 76 valence electrons. The van der Waals surface area contributed by atoms with Crippen LogP contribution in [0.15, 0.2) is 42.4 Å². The number of pyridine rings is 1. The second-order valence-electron chi connectivity index (χ2n) is 3.17. The summed E-state index contributed by atoms with van der Waals surface area (Å²) in [5.74, 6) is -0.562. The first kappa shape index (κ1) is 9.80. The summed E-state index contributed by atoms with van der Waals surface area (Å²) in [4.78, 5) is 4.18. The van der Waals surface area contributed by atoms with E-state index in [2.05, 4.69) is 4.98 Å². The molecule has 0 saturated heterocycles. The highest BCUT2D eigenvalue weighted by Crippen LogP contribution is 2.18.